The van der Waals surface area contributed by atoms with Gasteiger partial charge in [-0.3, -0.25) is 19.7 Å². The molecular formula is C16H20ClN5O4. The van der Waals surface area contributed by atoms with Gasteiger partial charge >= 0.3 is 0 Å². The van der Waals surface area contributed by atoms with Crippen molar-refractivity contribution in [2.45, 2.75) is 24.9 Å². The molecule has 9 nitrogen and oxygen atoms in total. The van der Waals surface area contributed by atoms with Gasteiger partial charge in [0.25, 0.3) is 5.91 Å². The summed E-state index contributed by atoms with van der Waals surface area (Å²) in [5, 5.41) is 8.17. The van der Waals surface area contributed by atoms with E-state index in [0.29, 0.717) is 18.9 Å². The third-order valence-electron chi connectivity index (χ3n) is 4.69. The van der Waals surface area contributed by atoms with Crippen molar-refractivity contribution in [1.29, 1.82) is 0 Å². The molecule has 0 aliphatic carbocycles. The van der Waals surface area contributed by atoms with E-state index < -0.39 is 17.9 Å². The van der Waals surface area contributed by atoms with Crippen LogP contribution >= 0.6 is 12.4 Å². The molecule has 3 aliphatic rings. The number of ether oxygens (including phenoxy) is 1. The highest BCUT2D eigenvalue weighted by atomic mass is 35.5. The molecule has 140 valence electrons. The molecule has 4 rings (SSSR count). The van der Waals surface area contributed by atoms with Gasteiger partial charge in [-0.05, 0) is 18.6 Å². The summed E-state index contributed by atoms with van der Waals surface area (Å²) in [6.07, 6.45) is 0.502. The van der Waals surface area contributed by atoms with Gasteiger partial charge in [0.2, 0.25) is 17.7 Å². The lowest BCUT2D eigenvalue weighted by molar-refractivity contribution is -0.134. The zero-order valence-electron chi connectivity index (χ0n) is 14.0. The normalized spacial score (nSPS) is 24.4. The number of aromatic nitrogens is 1. The van der Waals surface area contributed by atoms with E-state index in [1.807, 2.05) is 6.07 Å². The maximum absolute atomic E-state index is 12.4. The minimum Gasteiger partial charge on any atom is -0.474 e. The van der Waals surface area contributed by atoms with E-state index in [2.05, 4.69) is 25.8 Å². The number of anilines is 1. The Morgan fingerprint density at radius 1 is 1.35 bits per heavy atom. The Morgan fingerprint density at radius 3 is 3.00 bits per heavy atom. The molecule has 26 heavy (non-hydrogen) atoms. The maximum Gasteiger partial charge on any atom is 0.270 e. The molecule has 0 radical (unpaired) electrons. The van der Waals surface area contributed by atoms with Crippen LogP contribution in [0.5, 0.6) is 5.88 Å². The molecule has 0 saturated carbocycles. The Kier molecular flexibility index (Phi) is 5.28. The van der Waals surface area contributed by atoms with E-state index in [9.17, 15) is 14.4 Å². The molecule has 0 spiro atoms. The smallest absolute Gasteiger partial charge is 0.270 e. The van der Waals surface area contributed by atoms with Crippen LogP contribution in [0, 0.1) is 0 Å². The summed E-state index contributed by atoms with van der Waals surface area (Å²) >= 11 is 0. The first-order valence-electron chi connectivity index (χ1n) is 8.37. The zero-order valence-corrected chi connectivity index (χ0v) is 14.8. The predicted octanol–water partition coefficient (Wildman–Crippen LogP) is -0.791. The molecule has 2 saturated heterocycles. The van der Waals surface area contributed by atoms with Crippen LogP contribution in [-0.2, 0) is 9.59 Å². The van der Waals surface area contributed by atoms with Gasteiger partial charge in [0.1, 0.15) is 24.0 Å². The minimum absolute atomic E-state index is 0. The van der Waals surface area contributed by atoms with E-state index in [1.54, 1.807) is 6.07 Å². The number of rotatable bonds is 2. The molecule has 0 aromatic carbocycles. The number of amides is 3. The fraction of sp³-hybridized carbons (Fsp3) is 0.500. The van der Waals surface area contributed by atoms with Crippen molar-refractivity contribution >= 4 is 35.8 Å². The van der Waals surface area contributed by atoms with Gasteiger partial charge in [-0.2, -0.15) is 0 Å². The molecule has 1 aromatic heterocycles. The summed E-state index contributed by atoms with van der Waals surface area (Å²) in [6.45, 7) is 3.14. The van der Waals surface area contributed by atoms with Crippen LogP contribution in [0.3, 0.4) is 0 Å². The lowest BCUT2D eigenvalue weighted by Crippen LogP contribution is -2.56. The lowest BCUT2D eigenvalue weighted by atomic mass is 10.1. The minimum atomic E-state index is -0.721. The van der Waals surface area contributed by atoms with Gasteiger partial charge in [-0.25, -0.2) is 4.98 Å². The predicted molar refractivity (Wildman–Crippen MR) is 94.6 cm³/mol. The summed E-state index contributed by atoms with van der Waals surface area (Å²) in [6, 6.07) is 3.01. The lowest BCUT2D eigenvalue weighted by Gasteiger charge is -2.41. The van der Waals surface area contributed by atoms with E-state index in [-0.39, 0.29) is 36.5 Å². The number of carbonyl (C=O) groups is 3. The van der Waals surface area contributed by atoms with Crippen molar-refractivity contribution in [3.8, 4) is 5.88 Å². The number of fused-ring (bicyclic) bond motifs is 3. The van der Waals surface area contributed by atoms with E-state index in [1.165, 1.54) is 0 Å². The van der Waals surface area contributed by atoms with Crippen LogP contribution in [0.2, 0.25) is 0 Å². The highest BCUT2D eigenvalue weighted by molar-refractivity contribution is 6.03. The number of piperazine rings is 1. The largest absolute Gasteiger partial charge is 0.474 e. The third kappa shape index (κ3) is 3.45. The number of nitrogens with one attached hydrogen (secondary N) is 3. The van der Waals surface area contributed by atoms with Gasteiger partial charge < -0.3 is 20.3 Å². The zero-order chi connectivity index (χ0) is 17.4. The average Bonchev–Trinajstić information content (AvgIpc) is 2.63. The van der Waals surface area contributed by atoms with Gasteiger partial charge in [0.15, 0.2) is 0 Å². The van der Waals surface area contributed by atoms with Crippen LogP contribution in [0.4, 0.5) is 5.69 Å². The Bertz CT molecular complexity index is 743. The number of halogens is 1. The van der Waals surface area contributed by atoms with Crippen molar-refractivity contribution in [2.24, 2.45) is 0 Å². The van der Waals surface area contributed by atoms with Crippen LogP contribution in [0.25, 0.3) is 0 Å². The quantitative estimate of drug-likeness (QED) is 0.575. The molecule has 2 atom stereocenters. The average molecular weight is 382 g/mol. The highest BCUT2D eigenvalue weighted by Crippen LogP contribution is 2.32. The summed E-state index contributed by atoms with van der Waals surface area (Å²) in [7, 11) is 0. The maximum atomic E-state index is 12.4. The fourth-order valence-electron chi connectivity index (χ4n) is 3.35. The molecule has 2 fully saturated rings. The van der Waals surface area contributed by atoms with Crippen molar-refractivity contribution in [1.82, 2.24) is 20.9 Å². The summed E-state index contributed by atoms with van der Waals surface area (Å²) in [4.78, 5) is 41.9. The topological polar surface area (TPSA) is 113 Å². The van der Waals surface area contributed by atoms with Crippen LogP contribution in [0.15, 0.2) is 12.1 Å². The fourth-order valence-corrected chi connectivity index (χ4v) is 3.35. The summed E-state index contributed by atoms with van der Waals surface area (Å²) in [5.41, 5.74) is 1.08. The number of imide groups is 1. The molecule has 2 unspecified atom stereocenters. The molecular weight excluding hydrogens is 362 g/mol. The second-order valence-corrected chi connectivity index (χ2v) is 6.36. The van der Waals surface area contributed by atoms with Crippen LogP contribution in [-0.4, -0.2) is 61.0 Å². The van der Waals surface area contributed by atoms with E-state index >= 15 is 0 Å². The number of nitrogens with zero attached hydrogens (tertiary/aromatic N) is 2. The summed E-state index contributed by atoms with van der Waals surface area (Å²) in [5.74, 6) is -0.818. The second kappa shape index (κ2) is 7.46. The number of hydrogen-bond donors (Lipinski definition) is 3. The Labute approximate surface area is 156 Å². The van der Waals surface area contributed by atoms with Gasteiger partial charge in [0, 0.05) is 26.1 Å². The number of hydrogen-bond acceptors (Lipinski definition) is 7. The van der Waals surface area contributed by atoms with Crippen LogP contribution < -0.4 is 25.6 Å². The molecule has 3 amide bonds. The Balaban J connectivity index is 0.00000196. The first-order chi connectivity index (χ1) is 12.1. The van der Waals surface area contributed by atoms with E-state index in [4.69, 9.17) is 4.74 Å². The van der Waals surface area contributed by atoms with Gasteiger partial charge in [0.05, 0.1) is 6.04 Å². The molecule has 3 N–H and O–H groups in total. The Hall–Kier alpha value is -2.39. The third-order valence-corrected chi connectivity index (χ3v) is 4.69. The summed E-state index contributed by atoms with van der Waals surface area (Å²) < 4.78 is 5.71. The van der Waals surface area contributed by atoms with E-state index in [0.717, 1.165) is 25.3 Å². The molecule has 4 heterocycles. The Morgan fingerprint density at radius 2 is 2.19 bits per heavy atom. The second-order valence-electron chi connectivity index (χ2n) is 6.36. The van der Waals surface area contributed by atoms with Crippen LogP contribution in [0.1, 0.15) is 23.3 Å². The van der Waals surface area contributed by atoms with Gasteiger partial charge in [-0.1, -0.05) is 0 Å². The van der Waals surface area contributed by atoms with Gasteiger partial charge in [-0.15, -0.1) is 12.4 Å². The first kappa shape index (κ1) is 18.4. The molecule has 0 bridgehead atoms. The van der Waals surface area contributed by atoms with Crippen molar-refractivity contribution < 1.29 is 19.1 Å². The monoisotopic (exact) mass is 381 g/mol. The van der Waals surface area contributed by atoms with Crippen molar-refractivity contribution in [2.75, 3.05) is 31.1 Å². The van der Waals surface area contributed by atoms with Crippen molar-refractivity contribution in [3.63, 3.8) is 0 Å². The number of piperidine rings is 1. The van der Waals surface area contributed by atoms with Crippen molar-refractivity contribution in [3.05, 3.63) is 17.8 Å². The number of carbonyl (C=O) groups excluding carboxylic acids is 3. The SMILES string of the molecule is Cl.O=C1CCC(NC(=O)c2ccc3c(n2)OCC2CNCCN32)C(=O)N1. The highest BCUT2D eigenvalue weighted by Gasteiger charge is 2.32. The molecule has 1 aromatic rings. The standard InChI is InChI=1S/C16H19N5O4.ClH/c22-13-4-2-10(15(24)20-13)18-14(23)11-1-3-12-16(19-11)25-8-9-7-17-5-6-21(9)12;/h1,3,9-10,17H,2,4-8H2,(H,18,23)(H,20,22,24);1H. The molecule has 10 heteroatoms. The first-order valence-corrected chi connectivity index (χ1v) is 8.37. The number of pyridine rings is 1. The molecule has 3 aliphatic heterocycles.